The van der Waals surface area contributed by atoms with Crippen molar-refractivity contribution in [3.8, 4) is 5.75 Å². The maximum atomic E-state index is 12.5. The smallest absolute Gasteiger partial charge is 0.406 e. The van der Waals surface area contributed by atoms with Gasteiger partial charge in [-0.1, -0.05) is 12.1 Å². The van der Waals surface area contributed by atoms with E-state index in [9.17, 15) is 13.2 Å². The molecule has 3 heterocycles. The minimum absolute atomic E-state index is 0.218. The molecule has 154 valence electrons. The number of hydrogen-bond donors (Lipinski definition) is 2. The van der Waals surface area contributed by atoms with Gasteiger partial charge in [-0.3, -0.25) is 0 Å². The van der Waals surface area contributed by atoms with Gasteiger partial charge in [0, 0.05) is 24.8 Å². The Morgan fingerprint density at radius 1 is 1.17 bits per heavy atom. The number of H-pyrrole nitrogens is 1. The lowest BCUT2D eigenvalue weighted by atomic mass is 9.85. The van der Waals surface area contributed by atoms with Crippen LogP contribution in [0.4, 0.5) is 19.0 Å². The summed E-state index contributed by atoms with van der Waals surface area (Å²) in [7, 11) is 0. The Hall–Kier alpha value is -2.81. The highest BCUT2D eigenvalue weighted by atomic mass is 19.4. The minimum Gasteiger partial charge on any atom is -0.406 e. The Kier molecular flexibility index (Phi) is 5.08. The van der Waals surface area contributed by atoms with E-state index in [1.807, 2.05) is 12.3 Å². The summed E-state index contributed by atoms with van der Waals surface area (Å²) < 4.78 is 41.5. The van der Waals surface area contributed by atoms with Crippen LogP contribution in [0.25, 0.3) is 11.0 Å². The van der Waals surface area contributed by atoms with E-state index in [0.717, 1.165) is 41.8 Å². The van der Waals surface area contributed by atoms with Gasteiger partial charge in [0.05, 0.1) is 5.39 Å². The van der Waals surface area contributed by atoms with Gasteiger partial charge in [-0.25, -0.2) is 9.97 Å². The van der Waals surface area contributed by atoms with Crippen molar-refractivity contribution in [2.45, 2.75) is 37.6 Å². The molecule has 1 aliphatic rings. The molecule has 1 atom stereocenters. The molecule has 1 aliphatic heterocycles. The lowest BCUT2D eigenvalue weighted by Gasteiger charge is -2.29. The van der Waals surface area contributed by atoms with E-state index in [-0.39, 0.29) is 5.75 Å². The number of nitrogens with one attached hydrogen (secondary N) is 1. The van der Waals surface area contributed by atoms with Gasteiger partial charge >= 0.3 is 6.36 Å². The minimum atomic E-state index is -4.71. The Morgan fingerprint density at radius 2 is 2.03 bits per heavy atom. The van der Waals surface area contributed by atoms with E-state index in [2.05, 4.69) is 24.6 Å². The zero-order chi connectivity index (χ0) is 20.5. The molecule has 1 aromatic carbocycles. The van der Waals surface area contributed by atoms with E-state index in [1.165, 1.54) is 12.1 Å². The van der Waals surface area contributed by atoms with Crippen LogP contribution < -0.4 is 15.4 Å². The second-order valence-corrected chi connectivity index (χ2v) is 7.51. The molecule has 2 aromatic heterocycles. The van der Waals surface area contributed by atoms with Crippen LogP contribution >= 0.6 is 0 Å². The third-order valence-corrected chi connectivity index (χ3v) is 5.30. The van der Waals surface area contributed by atoms with Gasteiger partial charge in [-0.15, -0.1) is 13.2 Å². The summed E-state index contributed by atoms with van der Waals surface area (Å²) in [5, 5.41) is 0.967. The Balaban J connectivity index is 1.47. The third kappa shape index (κ3) is 4.61. The number of nitrogens with two attached hydrogens (primary N) is 1. The first-order valence-electron chi connectivity index (χ1n) is 9.48. The maximum absolute atomic E-state index is 12.5. The molecule has 4 rings (SSSR count). The fraction of sp³-hybridized carbons (Fsp3) is 0.400. The Labute approximate surface area is 165 Å². The number of nitrogens with zero attached hydrogens (tertiary/aromatic N) is 3. The number of ether oxygens (including phenoxy) is 1. The standard InChI is InChI=1S/C20H22F3N5O/c21-20(22,23)29-15-4-1-3-14(11-15)12-19(24)6-2-9-28(10-7-19)18-16-5-8-25-17(16)26-13-27-18/h1,3-5,8,11,13H,2,6-7,9-10,12,24H2,(H,25,26,27). The van der Waals surface area contributed by atoms with Crippen LogP contribution in [0.15, 0.2) is 42.9 Å². The molecule has 0 aliphatic carbocycles. The van der Waals surface area contributed by atoms with Gasteiger partial charge in [0.1, 0.15) is 23.5 Å². The molecule has 0 radical (unpaired) electrons. The van der Waals surface area contributed by atoms with Gasteiger partial charge in [-0.2, -0.15) is 0 Å². The predicted octanol–water partition coefficient (Wildman–Crippen LogP) is 3.79. The normalized spacial score (nSPS) is 20.6. The Bertz CT molecular complexity index is 989. The van der Waals surface area contributed by atoms with Crippen molar-refractivity contribution < 1.29 is 17.9 Å². The van der Waals surface area contributed by atoms with Gasteiger partial charge in [0.2, 0.25) is 0 Å². The summed E-state index contributed by atoms with van der Waals surface area (Å²) in [6.07, 6.45) is 1.50. The first kappa shape index (κ1) is 19.5. The van der Waals surface area contributed by atoms with Gasteiger partial charge in [0.15, 0.2) is 0 Å². The van der Waals surface area contributed by atoms with Crippen molar-refractivity contribution in [1.29, 1.82) is 0 Å². The van der Waals surface area contributed by atoms with E-state index < -0.39 is 11.9 Å². The van der Waals surface area contributed by atoms with E-state index in [4.69, 9.17) is 5.73 Å². The lowest BCUT2D eigenvalue weighted by Crippen LogP contribution is -2.43. The highest BCUT2D eigenvalue weighted by Gasteiger charge is 2.32. The summed E-state index contributed by atoms with van der Waals surface area (Å²) in [4.78, 5) is 14.0. The van der Waals surface area contributed by atoms with Crippen molar-refractivity contribution in [1.82, 2.24) is 15.0 Å². The molecule has 3 aromatic rings. The Morgan fingerprint density at radius 3 is 2.86 bits per heavy atom. The predicted molar refractivity (Wildman–Crippen MR) is 104 cm³/mol. The second kappa shape index (κ2) is 7.55. The number of aromatic amines is 1. The number of halogens is 3. The first-order chi connectivity index (χ1) is 13.8. The fourth-order valence-electron chi connectivity index (χ4n) is 3.97. The molecular weight excluding hydrogens is 383 g/mol. The quantitative estimate of drug-likeness (QED) is 0.690. The summed E-state index contributed by atoms with van der Waals surface area (Å²) in [5.74, 6) is 0.658. The van der Waals surface area contributed by atoms with Gasteiger partial charge in [-0.05, 0) is 49.4 Å². The number of rotatable bonds is 4. The summed E-state index contributed by atoms with van der Waals surface area (Å²) in [5.41, 5.74) is 7.69. The van der Waals surface area contributed by atoms with Crippen LogP contribution in [0.1, 0.15) is 24.8 Å². The monoisotopic (exact) mass is 405 g/mol. The zero-order valence-corrected chi connectivity index (χ0v) is 15.7. The molecule has 1 unspecified atom stereocenters. The van der Waals surface area contributed by atoms with Crippen LogP contribution in [0, 0.1) is 0 Å². The molecule has 6 nitrogen and oxygen atoms in total. The number of aromatic nitrogens is 3. The van der Waals surface area contributed by atoms with Crippen LogP contribution in [0.2, 0.25) is 0 Å². The van der Waals surface area contributed by atoms with Crippen molar-refractivity contribution in [3.63, 3.8) is 0 Å². The van der Waals surface area contributed by atoms with Crippen molar-refractivity contribution >= 4 is 16.9 Å². The summed E-state index contributed by atoms with van der Waals surface area (Å²) in [6.45, 7) is 1.53. The first-order valence-corrected chi connectivity index (χ1v) is 9.48. The average molecular weight is 405 g/mol. The molecule has 1 fully saturated rings. The summed E-state index contributed by atoms with van der Waals surface area (Å²) in [6, 6.07) is 8.02. The molecular formula is C20H22F3N5O. The van der Waals surface area contributed by atoms with Crippen molar-refractivity contribution in [3.05, 3.63) is 48.4 Å². The number of hydrogen-bond acceptors (Lipinski definition) is 5. The topological polar surface area (TPSA) is 80.1 Å². The third-order valence-electron chi connectivity index (χ3n) is 5.30. The molecule has 29 heavy (non-hydrogen) atoms. The lowest BCUT2D eigenvalue weighted by molar-refractivity contribution is -0.274. The molecule has 3 N–H and O–H groups in total. The van der Waals surface area contributed by atoms with Crippen LogP contribution in [-0.4, -0.2) is 39.9 Å². The molecule has 1 saturated heterocycles. The fourth-order valence-corrected chi connectivity index (χ4v) is 3.97. The van der Waals surface area contributed by atoms with Crippen molar-refractivity contribution in [2.24, 2.45) is 5.73 Å². The molecule has 0 amide bonds. The van der Waals surface area contributed by atoms with E-state index in [1.54, 1.807) is 18.5 Å². The highest BCUT2D eigenvalue weighted by Crippen LogP contribution is 2.30. The average Bonchev–Trinajstić information content (AvgIpc) is 3.04. The highest BCUT2D eigenvalue weighted by molar-refractivity contribution is 5.87. The van der Waals surface area contributed by atoms with Crippen LogP contribution in [0.3, 0.4) is 0 Å². The number of benzene rings is 1. The second-order valence-electron chi connectivity index (χ2n) is 7.51. The van der Waals surface area contributed by atoms with Gasteiger partial charge < -0.3 is 20.4 Å². The number of anilines is 1. The molecule has 0 bridgehead atoms. The van der Waals surface area contributed by atoms with E-state index >= 15 is 0 Å². The molecule has 9 heteroatoms. The largest absolute Gasteiger partial charge is 0.573 e. The molecule has 0 spiro atoms. The SMILES string of the molecule is NC1(Cc2cccc(OC(F)(F)F)c2)CCCN(c2ncnc3[nH]ccc23)CC1. The van der Waals surface area contributed by atoms with E-state index in [0.29, 0.717) is 19.4 Å². The van der Waals surface area contributed by atoms with Crippen LogP contribution in [-0.2, 0) is 6.42 Å². The number of alkyl halides is 3. The van der Waals surface area contributed by atoms with Gasteiger partial charge in [0.25, 0.3) is 0 Å². The zero-order valence-electron chi connectivity index (χ0n) is 15.7. The summed E-state index contributed by atoms with van der Waals surface area (Å²) >= 11 is 0. The maximum Gasteiger partial charge on any atom is 0.573 e. The van der Waals surface area contributed by atoms with Crippen molar-refractivity contribution in [2.75, 3.05) is 18.0 Å². The van der Waals surface area contributed by atoms with Crippen LogP contribution in [0.5, 0.6) is 5.75 Å². The molecule has 0 saturated carbocycles. The number of fused-ring (bicyclic) bond motifs is 1.